The standard InChI is InChI=1S/C25H28N2O/c1-17-13-14-20(18(2)15-17)24-16-22(21-11-7-8-12-23(21)27-24)25(28)26-19-9-5-3-4-6-10-19/h7-8,11-16,19H,3-6,9-10H2,1-2H3,(H,26,28). The molecule has 1 saturated carbocycles. The molecule has 3 aromatic rings. The van der Waals surface area contributed by atoms with Gasteiger partial charge in [0.25, 0.3) is 5.91 Å². The van der Waals surface area contributed by atoms with Gasteiger partial charge in [-0.15, -0.1) is 0 Å². The summed E-state index contributed by atoms with van der Waals surface area (Å²) < 4.78 is 0. The Morgan fingerprint density at radius 1 is 0.964 bits per heavy atom. The molecule has 144 valence electrons. The fourth-order valence-electron chi connectivity index (χ4n) is 4.29. The summed E-state index contributed by atoms with van der Waals surface area (Å²) in [4.78, 5) is 18.1. The van der Waals surface area contributed by atoms with E-state index < -0.39 is 0 Å². The molecule has 3 nitrogen and oxygen atoms in total. The zero-order chi connectivity index (χ0) is 19.5. The quantitative estimate of drug-likeness (QED) is 0.575. The number of nitrogens with one attached hydrogen (secondary N) is 1. The third-order valence-corrected chi connectivity index (χ3v) is 5.81. The Morgan fingerprint density at radius 3 is 2.46 bits per heavy atom. The molecule has 1 amide bonds. The molecule has 2 aromatic carbocycles. The first-order valence-electron chi connectivity index (χ1n) is 10.4. The molecule has 0 bridgehead atoms. The number of rotatable bonds is 3. The number of hydrogen-bond donors (Lipinski definition) is 1. The topological polar surface area (TPSA) is 42.0 Å². The van der Waals surface area contributed by atoms with Gasteiger partial charge in [-0.1, -0.05) is 67.6 Å². The van der Waals surface area contributed by atoms with Gasteiger partial charge in [-0.05, 0) is 44.4 Å². The van der Waals surface area contributed by atoms with Crippen LogP contribution >= 0.6 is 0 Å². The van der Waals surface area contributed by atoms with Crippen molar-refractivity contribution in [2.24, 2.45) is 0 Å². The van der Waals surface area contributed by atoms with Crippen molar-refractivity contribution in [3.8, 4) is 11.3 Å². The number of fused-ring (bicyclic) bond motifs is 1. The van der Waals surface area contributed by atoms with Crippen LogP contribution in [0.2, 0.25) is 0 Å². The van der Waals surface area contributed by atoms with Crippen LogP contribution < -0.4 is 5.32 Å². The molecule has 1 aromatic heterocycles. The van der Waals surface area contributed by atoms with Crippen LogP contribution in [0.25, 0.3) is 22.2 Å². The molecule has 0 unspecified atom stereocenters. The van der Waals surface area contributed by atoms with Crippen LogP contribution in [0.15, 0.2) is 48.5 Å². The molecule has 0 aliphatic heterocycles. The lowest BCUT2D eigenvalue weighted by atomic mass is 9.99. The minimum Gasteiger partial charge on any atom is -0.349 e. The van der Waals surface area contributed by atoms with Crippen LogP contribution in [-0.4, -0.2) is 16.9 Å². The number of benzene rings is 2. The summed E-state index contributed by atoms with van der Waals surface area (Å²) >= 11 is 0. The lowest BCUT2D eigenvalue weighted by molar-refractivity contribution is 0.0935. The minimum absolute atomic E-state index is 0.0246. The second kappa shape index (κ2) is 8.14. The van der Waals surface area contributed by atoms with E-state index in [1.165, 1.54) is 36.8 Å². The summed E-state index contributed by atoms with van der Waals surface area (Å²) in [5.74, 6) is 0.0246. The number of hydrogen-bond acceptors (Lipinski definition) is 2. The maximum absolute atomic E-state index is 13.2. The first kappa shape index (κ1) is 18.7. The fourth-order valence-corrected chi connectivity index (χ4v) is 4.29. The molecule has 1 aliphatic carbocycles. The average Bonchev–Trinajstić information content (AvgIpc) is 2.95. The number of pyridine rings is 1. The van der Waals surface area contributed by atoms with Gasteiger partial charge >= 0.3 is 0 Å². The Morgan fingerprint density at radius 2 is 1.71 bits per heavy atom. The van der Waals surface area contributed by atoms with Gasteiger partial charge in [-0.25, -0.2) is 4.98 Å². The SMILES string of the molecule is Cc1ccc(-c2cc(C(=O)NC3CCCCCC3)c3ccccc3n2)c(C)c1. The monoisotopic (exact) mass is 372 g/mol. The number of carbonyl (C=O) groups is 1. The van der Waals surface area contributed by atoms with E-state index in [1.807, 2.05) is 30.3 Å². The molecule has 4 rings (SSSR count). The van der Waals surface area contributed by atoms with Crippen molar-refractivity contribution in [2.75, 3.05) is 0 Å². The predicted molar refractivity (Wildman–Crippen MR) is 116 cm³/mol. The van der Waals surface area contributed by atoms with Crippen LogP contribution in [0, 0.1) is 13.8 Å². The van der Waals surface area contributed by atoms with E-state index in [2.05, 4.69) is 37.4 Å². The highest BCUT2D eigenvalue weighted by Crippen LogP contribution is 2.28. The first-order valence-corrected chi connectivity index (χ1v) is 10.4. The van der Waals surface area contributed by atoms with Crippen LogP contribution in [0.1, 0.15) is 60.0 Å². The molecule has 0 saturated heterocycles. The predicted octanol–water partition coefficient (Wildman–Crippen LogP) is 5.97. The number of para-hydroxylation sites is 1. The maximum atomic E-state index is 13.2. The summed E-state index contributed by atoms with van der Waals surface area (Å²) in [6.45, 7) is 4.20. The molecule has 3 heteroatoms. The molecule has 1 aliphatic rings. The van der Waals surface area contributed by atoms with E-state index in [-0.39, 0.29) is 11.9 Å². The van der Waals surface area contributed by atoms with Gasteiger partial charge in [0.15, 0.2) is 0 Å². The summed E-state index contributed by atoms with van der Waals surface area (Å²) in [5, 5.41) is 4.22. The summed E-state index contributed by atoms with van der Waals surface area (Å²) in [7, 11) is 0. The summed E-state index contributed by atoms with van der Waals surface area (Å²) in [6.07, 6.45) is 7.13. The minimum atomic E-state index is 0.0246. The van der Waals surface area contributed by atoms with E-state index in [4.69, 9.17) is 4.98 Å². The van der Waals surface area contributed by atoms with Crippen molar-refractivity contribution in [3.63, 3.8) is 0 Å². The van der Waals surface area contributed by atoms with Crippen molar-refractivity contribution in [1.29, 1.82) is 0 Å². The van der Waals surface area contributed by atoms with Crippen LogP contribution in [0.5, 0.6) is 0 Å². The lowest BCUT2D eigenvalue weighted by Gasteiger charge is -2.18. The Bertz CT molecular complexity index is 1000. The Balaban J connectivity index is 1.75. The molecule has 0 radical (unpaired) electrons. The normalized spacial score (nSPS) is 15.4. The van der Waals surface area contributed by atoms with E-state index in [0.29, 0.717) is 0 Å². The molecule has 28 heavy (non-hydrogen) atoms. The van der Waals surface area contributed by atoms with E-state index >= 15 is 0 Å². The van der Waals surface area contributed by atoms with Crippen molar-refractivity contribution in [1.82, 2.24) is 10.3 Å². The van der Waals surface area contributed by atoms with Crippen molar-refractivity contribution < 1.29 is 4.79 Å². The highest BCUT2D eigenvalue weighted by atomic mass is 16.1. The third kappa shape index (κ3) is 3.94. The van der Waals surface area contributed by atoms with E-state index in [9.17, 15) is 4.79 Å². The summed E-state index contributed by atoms with van der Waals surface area (Å²) in [5.41, 5.74) is 5.95. The highest BCUT2D eigenvalue weighted by Gasteiger charge is 2.19. The lowest BCUT2D eigenvalue weighted by Crippen LogP contribution is -2.34. The zero-order valence-electron chi connectivity index (χ0n) is 16.8. The number of carbonyl (C=O) groups excluding carboxylic acids is 1. The van der Waals surface area contributed by atoms with Gasteiger partial charge in [0, 0.05) is 17.0 Å². The van der Waals surface area contributed by atoms with E-state index in [0.717, 1.165) is 40.6 Å². The van der Waals surface area contributed by atoms with Crippen LogP contribution in [0.3, 0.4) is 0 Å². The average molecular weight is 373 g/mol. The molecule has 1 fully saturated rings. The van der Waals surface area contributed by atoms with Gasteiger partial charge in [0.2, 0.25) is 0 Å². The largest absolute Gasteiger partial charge is 0.349 e. The second-order valence-corrected chi connectivity index (χ2v) is 8.05. The van der Waals surface area contributed by atoms with Crippen molar-refractivity contribution in [3.05, 3.63) is 65.2 Å². The number of aromatic nitrogens is 1. The van der Waals surface area contributed by atoms with E-state index in [1.54, 1.807) is 0 Å². The van der Waals surface area contributed by atoms with Crippen molar-refractivity contribution >= 4 is 16.8 Å². The van der Waals surface area contributed by atoms with Gasteiger partial charge < -0.3 is 5.32 Å². The van der Waals surface area contributed by atoms with Crippen LogP contribution in [-0.2, 0) is 0 Å². The number of nitrogens with zero attached hydrogens (tertiary/aromatic N) is 1. The zero-order valence-corrected chi connectivity index (χ0v) is 16.8. The third-order valence-electron chi connectivity index (χ3n) is 5.81. The summed E-state index contributed by atoms with van der Waals surface area (Å²) in [6, 6.07) is 16.6. The number of aryl methyl sites for hydroxylation is 2. The Labute approximate surface area is 167 Å². The van der Waals surface area contributed by atoms with Crippen molar-refractivity contribution in [2.45, 2.75) is 58.4 Å². The van der Waals surface area contributed by atoms with Gasteiger partial charge in [0.1, 0.15) is 0 Å². The Kier molecular flexibility index (Phi) is 5.43. The molecule has 1 N–H and O–H groups in total. The highest BCUT2D eigenvalue weighted by molar-refractivity contribution is 6.07. The second-order valence-electron chi connectivity index (χ2n) is 8.05. The van der Waals surface area contributed by atoms with Crippen LogP contribution in [0.4, 0.5) is 0 Å². The maximum Gasteiger partial charge on any atom is 0.252 e. The first-order chi connectivity index (χ1) is 13.6. The molecule has 0 atom stereocenters. The molecule has 1 heterocycles. The number of amides is 1. The van der Waals surface area contributed by atoms with Gasteiger partial charge in [0.05, 0.1) is 16.8 Å². The molecule has 0 spiro atoms. The molecular formula is C25H28N2O. The van der Waals surface area contributed by atoms with Gasteiger partial charge in [-0.3, -0.25) is 4.79 Å². The molecular weight excluding hydrogens is 344 g/mol. The fraction of sp³-hybridized carbons (Fsp3) is 0.360. The smallest absolute Gasteiger partial charge is 0.252 e. The van der Waals surface area contributed by atoms with Gasteiger partial charge in [-0.2, -0.15) is 0 Å². The Hall–Kier alpha value is -2.68.